The number of rotatable bonds is 5. The zero-order valence-corrected chi connectivity index (χ0v) is 17.6. The smallest absolute Gasteiger partial charge is 0.407 e. The van der Waals surface area contributed by atoms with Crippen LogP contribution in [0.2, 0.25) is 0 Å². The van der Waals surface area contributed by atoms with Crippen LogP contribution in [0.25, 0.3) is 11.0 Å². The molecule has 1 saturated heterocycles. The number of piperidine rings is 1. The molecule has 29 heavy (non-hydrogen) atoms. The number of benzene rings is 1. The number of carbonyl (C=O) groups excluding carboxylic acids is 1. The van der Waals surface area contributed by atoms with E-state index in [2.05, 4.69) is 15.5 Å². The maximum absolute atomic E-state index is 12.0. The Morgan fingerprint density at radius 1 is 1.17 bits per heavy atom. The highest BCUT2D eigenvalue weighted by molar-refractivity contribution is 5.80. The highest BCUT2D eigenvalue weighted by Crippen LogP contribution is 2.32. The van der Waals surface area contributed by atoms with Crippen LogP contribution in [0.3, 0.4) is 0 Å². The van der Waals surface area contributed by atoms with Gasteiger partial charge in [-0.3, -0.25) is 0 Å². The van der Waals surface area contributed by atoms with Gasteiger partial charge in [-0.2, -0.15) is 0 Å². The molecule has 1 aliphatic heterocycles. The van der Waals surface area contributed by atoms with Crippen molar-refractivity contribution in [2.45, 2.75) is 58.1 Å². The molecule has 1 unspecified atom stereocenters. The minimum Gasteiger partial charge on any atom is -0.444 e. The molecule has 1 aromatic carbocycles. The van der Waals surface area contributed by atoms with Crippen molar-refractivity contribution in [3.8, 4) is 0 Å². The standard InChI is InChI=1S/C22H31N5O2/c1-22(2,3)29-21(28)23-13-15-7-6-12-27(14-15)20-19(24-16-10-11-16)25-17-8-4-5-9-18(17)26-20/h4-5,8-9,15-16H,6-7,10-14H2,1-3H3,(H,23,28)(H,24,25). The fourth-order valence-corrected chi connectivity index (χ4v) is 3.69. The Morgan fingerprint density at radius 3 is 2.59 bits per heavy atom. The Balaban J connectivity index is 1.47. The highest BCUT2D eigenvalue weighted by atomic mass is 16.6. The third kappa shape index (κ3) is 5.28. The van der Waals surface area contributed by atoms with Crippen molar-refractivity contribution >= 4 is 28.8 Å². The van der Waals surface area contributed by atoms with E-state index in [4.69, 9.17) is 14.7 Å². The van der Waals surface area contributed by atoms with Gasteiger partial charge in [0, 0.05) is 25.7 Å². The maximum atomic E-state index is 12.0. The molecule has 1 amide bonds. The van der Waals surface area contributed by atoms with Gasteiger partial charge in [-0.25, -0.2) is 14.8 Å². The number of nitrogens with zero attached hydrogens (tertiary/aromatic N) is 3. The summed E-state index contributed by atoms with van der Waals surface area (Å²) >= 11 is 0. The van der Waals surface area contributed by atoms with Gasteiger partial charge in [-0.1, -0.05) is 12.1 Å². The van der Waals surface area contributed by atoms with E-state index in [0.717, 1.165) is 48.6 Å². The number of aromatic nitrogens is 2. The summed E-state index contributed by atoms with van der Waals surface area (Å²) in [6.07, 6.45) is 4.18. The van der Waals surface area contributed by atoms with Crippen LogP contribution in [0.1, 0.15) is 46.5 Å². The van der Waals surface area contributed by atoms with Gasteiger partial charge < -0.3 is 20.3 Å². The molecular weight excluding hydrogens is 366 g/mol. The molecule has 1 aliphatic carbocycles. The molecule has 2 aliphatic rings. The molecule has 7 nitrogen and oxygen atoms in total. The van der Waals surface area contributed by atoms with Crippen LogP contribution >= 0.6 is 0 Å². The summed E-state index contributed by atoms with van der Waals surface area (Å²) in [5.41, 5.74) is 1.35. The lowest BCUT2D eigenvalue weighted by molar-refractivity contribution is 0.0517. The van der Waals surface area contributed by atoms with Gasteiger partial charge in [0.2, 0.25) is 0 Å². The molecule has 2 heterocycles. The first-order chi connectivity index (χ1) is 13.9. The van der Waals surface area contributed by atoms with Crippen molar-refractivity contribution in [2.24, 2.45) is 5.92 Å². The van der Waals surface area contributed by atoms with E-state index in [9.17, 15) is 4.79 Å². The number of para-hydroxylation sites is 2. The lowest BCUT2D eigenvalue weighted by Gasteiger charge is -2.34. The highest BCUT2D eigenvalue weighted by Gasteiger charge is 2.28. The minimum absolute atomic E-state index is 0.351. The van der Waals surface area contributed by atoms with E-state index in [-0.39, 0.29) is 6.09 Å². The monoisotopic (exact) mass is 397 g/mol. The minimum atomic E-state index is -0.479. The van der Waals surface area contributed by atoms with Crippen molar-refractivity contribution in [1.29, 1.82) is 0 Å². The van der Waals surface area contributed by atoms with Gasteiger partial charge in [-0.05, 0) is 64.5 Å². The first kappa shape index (κ1) is 19.7. The normalized spacial score (nSPS) is 19.8. The third-order valence-corrected chi connectivity index (χ3v) is 5.22. The van der Waals surface area contributed by atoms with Crippen molar-refractivity contribution in [2.75, 3.05) is 29.9 Å². The number of alkyl carbamates (subject to hydrolysis) is 1. The van der Waals surface area contributed by atoms with Gasteiger partial charge in [0.05, 0.1) is 11.0 Å². The van der Waals surface area contributed by atoms with E-state index in [0.29, 0.717) is 18.5 Å². The fourth-order valence-electron chi connectivity index (χ4n) is 3.69. The van der Waals surface area contributed by atoms with Crippen LogP contribution in [-0.4, -0.2) is 47.3 Å². The summed E-state index contributed by atoms with van der Waals surface area (Å²) in [6.45, 7) is 8.04. The Bertz CT molecular complexity index is 875. The number of hydrogen-bond acceptors (Lipinski definition) is 6. The van der Waals surface area contributed by atoms with E-state index in [1.165, 1.54) is 12.8 Å². The van der Waals surface area contributed by atoms with E-state index in [1.807, 2.05) is 45.0 Å². The lowest BCUT2D eigenvalue weighted by Crippen LogP contribution is -2.42. The second-order valence-electron chi connectivity index (χ2n) is 9.14. The van der Waals surface area contributed by atoms with Crippen molar-refractivity contribution in [1.82, 2.24) is 15.3 Å². The molecule has 2 fully saturated rings. The topological polar surface area (TPSA) is 79.4 Å². The quantitative estimate of drug-likeness (QED) is 0.795. The third-order valence-electron chi connectivity index (χ3n) is 5.22. The molecule has 4 rings (SSSR count). The molecule has 1 saturated carbocycles. The molecule has 1 aromatic heterocycles. The summed E-state index contributed by atoms with van der Waals surface area (Å²) in [6, 6.07) is 8.53. The average molecular weight is 398 g/mol. The molecule has 0 bridgehead atoms. The van der Waals surface area contributed by atoms with Crippen LogP contribution < -0.4 is 15.5 Å². The fraction of sp³-hybridized carbons (Fsp3) is 0.591. The van der Waals surface area contributed by atoms with Gasteiger partial charge in [0.25, 0.3) is 0 Å². The van der Waals surface area contributed by atoms with Crippen LogP contribution in [0.15, 0.2) is 24.3 Å². The van der Waals surface area contributed by atoms with Crippen LogP contribution in [0.5, 0.6) is 0 Å². The van der Waals surface area contributed by atoms with Gasteiger partial charge >= 0.3 is 6.09 Å². The zero-order chi connectivity index (χ0) is 20.4. The number of ether oxygens (including phenoxy) is 1. The SMILES string of the molecule is CC(C)(C)OC(=O)NCC1CCCN(c2nc3ccccc3nc2NC2CC2)C1. The van der Waals surface area contributed by atoms with E-state index >= 15 is 0 Å². The molecule has 0 radical (unpaired) electrons. The number of amides is 1. The molecule has 2 N–H and O–H groups in total. The summed E-state index contributed by atoms with van der Waals surface area (Å²) in [5, 5.41) is 6.49. The summed E-state index contributed by atoms with van der Waals surface area (Å²) < 4.78 is 5.36. The number of carbonyl (C=O) groups is 1. The second-order valence-corrected chi connectivity index (χ2v) is 9.14. The Morgan fingerprint density at radius 2 is 1.90 bits per heavy atom. The van der Waals surface area contributed by atoms with E-state index in [1.54, 1.807) is 0 Å². The lowest BCUT2D eigenvalue weighted by atomic mass is 9.98. The largest absolute Gasteiger partial charge is 0.444 e. The first-order valence-corrected chi connectivity index (χ1v) is 10.6. The van der Waals surface area contributed by atoms with E-state index < -0.39 is 5.60 Å². The average Bonchev–Trinajstić information content (AvgIpc) is 3.49. The summed E-state index contributed by atoms with van der Waals surface area (Å²) in [5.74, 6) is 2.17. The molecule has 1 atom stereocenters. The van der Waals surface area contributed by atoms with Crippen molar-refractivity contribution in [3.05, 3.63) is 24.3 Å². The predicted octanol–water partition coefficient (Wildman–Crippen LogP) is 3.95. The number of nitrogens with one attached hydrogen (secondary N) is 2. The van der Waals surface area contributed by atoms with Crippen LogP contribution in [0, 0.1) is 5.92 Å². The molecule has 156 valence electrons. The van der Waals surface area contributed by atoms with Crippen molar-refractivity contribution in [3.63, 3.8) is 0 Å². The Kier molecular flexibility index (Phi) is 5.48. The summed E-state index contributed by atoms with van der Waals surface area (Å²) in [7, 11) is 0. The number of hydrogen-bond donors (Lipinski definition) is 2. The van der Waals surface area contributed by atoms with Gasteiger partial charge in [-0.15, -0.1) is 0 Å². The first-order valence-electron chi connectivity index (χ1n) is 10.6. The predicted molar refractivity (Wildman–Crippen MR) is 115 cm³/mol. The number of fused-ring (bicyclic) bond motifs is 1. The second kappa shape index (κ2) is 8.05. The summed E-state index contributed by atoms with van der Waals surface area (Å²) in [4.78, 5) is 24.1. The molecule has 2 aromatic rings. The Hall–Kier alpha value is -2.57. The maximum Gasteiger partial charge on any atom is 0.407 e. The van der Waals surface area contributed by atoms with Gasteiger partial charge in [0.15, 0.2) is 11.6 Å². The molecule has 7 heteroatoms. The van der Waals surface area contributed by atoms with Crippen LogP contribution in [-0.2, 0) is 4.74 Å². The Labute approximate surface area is 172 Å². The number of anilines is 2. The molecule has 0 spiro atoms. The zero-order valence-electron chi connectivity index (χ0n) is 17.6. The van der Waals surface area contributed by atoms with Crippen LogP contribution in [0.4, 0.5) is 16.4 Å². The molecular formula is C22H31N5O2. The van der Waals surface area contributed by atoms with Crippen molar-refractivity contribution < 1.29 is 9.53 Å². The van der Waals surface area contributed by atoms with Gasteiger partial charge in [0.1, 0.15) is 5.60 Å².